The fourth-order valence-electron chi connectivity index (χ4n) is 0.858. The summed E-state index contributed by atoms with van der Waals surface area (Å²) in [5.74, 6) is 0.453. The maximum Gasteiger partial charge on any atom is 0.136 e. The fraction of sp³-hybridized carbons (Fsp3) is 0.875. The summed E-state index contributed by atoms with van der Waals surface area (Å²) in [5.41, 5.74) is 0. The molecule has 0 heterocycles. The average Bonchev–Trinajstić information content (AvgIpc) is 1.89. The third-order valence-corrected chi connectivity index (χ3v) is 2.18. The molecule has 0 aliphatic rings. The van der Waals surface area contributed by atoms with E-state index in [1.807, 2.05) is 0 Å². The van der Waals surface area contributed by atoms with Crippen LogP contribution in [0.5, 0.6) is 0 Å². The Morgan fingerprint density at radius 1 is 1.40 bits per heavy atom. The lowest BCUT2D eigenvalue weighted by atomic mass is 10.2. The van der Waals surface area contributed by atoms with Gasteiger partial charge >= 0.3 is 0 Å². The van der Waals surface area contributed by atoms with Gasteiger partial charge in [-0.1, -0.05) is 19.8 Å². The van der Waals surface area contributed by atoms with E-state index in [1.165, 1.54) is 12.8 Å². The van der Waals surface area contributed by atoms with Crippen LogP contribution in [0.2, 0.25) is 0 Å². The first-order valence-corrected chi connectivity index (χ1v) is 5.68. The van der Waals surface area contributed by atoms with Crippen LogP contribution in [-0.2, 0) is 4.79 Å². The molecule has 0 spiro atoms. The molecule has 1 unspecified atom stereocenters. The number of carbonyl (C=O) groups excluding carboxylic acids is 1. The van der Waals surface area contributed by atoms with E-state index in [0.29, 0.717) is 5.78 Å². The zero-order chi connectivity index (χ0) is 7.82. The van der Waals surface area contributed by atoms with Crippen molar-refractivity contribution in [2.24, 2.45) is 0 Å². The molecule has 2 heteroatoms. The summed E-state index contributed by atoms with van der Waals surface area (Å²) in [6.07, 6.45) is 5.14. The molecule has 0 saturated carbocycles. The van der Waals surface area contributed by atoms with E-state index in [4.69, 9.17) is 0 Å². The van der Waals surface area contributed by atoms with Gasteiger partial charge in [-0.15, -0.1) is 8.58 Å². The highest BCUT2D eigenvalue weighted by atomic mass is 31.1. The molecule has 0 radical (unpaired) electrons. The van der Waals surface area contributed by atoms with Gasteiger partial charge in [-0.3, -0.25) is 4.79 Å². The molecular formula is C8H17OP. The second-order valence-electron chi connectivity index (χ2n) is 2.53. The highest BCUT2D eigenvalue weighted by Crippen LogP contribution is 2.06. The van der Waals surface area contributed by atoms with Crippen molar-refractivity contribution < 1.29 is 4.79 Å². The quantitative estimate of drug-likeness (QED) is 0.431. The number of carbonyl (C=O) groups is 1. The number of Topliss-reactive ketones (excluding diaryl/α,β-unsaturated/α-hetero) is 1. The van der Waals surface area contributed by atoms with Crippen molar-refractivity contribution in [1.82, 2.24) is 0 Å². The third kappa shape index (κ3) is 6.22. The number of unbranched alkanes of at least 4 members (excludes halogenated alkanes) is 2. The molecule has 0 aromatic carbocycles. The normalized spacial score (nSPS) is 11.0. The molecule has 0 aliphatic heterocycles. The maximum absolute atomic E-state index is 10.9. The Balaban J connectivity index is 3.05. The first-order chi connectivity index (χ1) is 4.81. The van der Waals surface area contributed by atoms with E-state index >= 15 is 0 Å². The van der Waals surface area contributed by atoms with Gasteiger partial charge in [0.15, 0.2) is 0 Å². The molecule has 0 bridgehead atoms. The van der Waals surface area contributed by atoms with Gasteiger partial charge < -0.3 is 0 Å². The van der Waals surface area contributed by atoms with Gasteiger partial charge in [0.25, 0.3) is 0 Å². The fourth-order valence-corrected chi connectivity index (χ4v) is 1.43. The Hall–Kier alpha value is 0.100. The molecule has 0 aromatic rings. The molecule has 1 atom stereocenters. The van der Waals surface area contributed by atoms with E-state index in [2.05, 4.69) is 13.6 Å². The Kier molecular flexibility index (Phi) is 7.28. The number of hydrogen-bond acceptors (Lipinski definition) is 1. The summed E-state index contributed by atoms with van der Waals surface area (Å²) in [5, 5.41) is 0. The molecule has 0 aliphatic carbocycles. The third-order valence-electron chi connectivity index (χ3n) is 1.43. The molecule has 0 amide bonds. The van der Waals surface area contributed by atoms with Crippen molar-refractivity contribution in [2.75, 3.05) is 12.8 Å². The van der Waals surface area contributed by atoms with Crippen molar-refractivity contribution in [3.05, 3.63) is 0 Å². The highest BCUT2D eigenvalue weighted by molar-refractivity contribution is 7.38. The molecule has 60 valence electrons. The SMILES string of the molecule is CCCCCC(=O)CPC. The minimum absolute atomic E-state index is 0.453. The summed E-state index contributed by atoms with van der Waals surface area (Å²) in [4.78, 5) is 10.9. The second kappa shape index (κ2) is 7.21. The van der Waals surface area contributed by atoms with Crippen LogP contribution in [0.4, 0.5) is 0 Å². The predicted molar refractivity (Wildman–Crippen MR) is 48.3 cm³/mol. The van der Waals surface area contributed by atoms with Crippen LogP contribution in [0.25, 0.3) is 0 Å². The van der Waals surface area contributed by atoms with E-state index in [1.54, 1.807) is 0 Å². The monoisotopic (exact) mass is 160 g/mol. The lowest BCUT2D eigenvalue weighted by Gasteiger charge is -1.96. The Labute approximate surface area is 65.4 Å². The second-order valence-corrected chi connectivity index (χ2v) is 3.59. The first kappa shape index (κ1) is 10.1. The average molecular weight is 160 g/mol. The number of rotatable bonds is 6. The molecule has 1 nitrogen and oxygen atoms in total. The molecule has 0 N–H and O–H groups in total. The standard InChI is InChI=1S/C8H17OP/c1-3-4-5-6-8(9)7-10-2/h10H,3-7H2,1-2H3. The molecule has 0 saturated heterocycles. The lowest BCUT2D eigenvalue weighted by Crippen LogP contribution is -1.98. The predicted octanol–water partition coefficient (Wildman–Crippen LogP) is 2.44. The lowest BCUT2D eigenvalue weighted by molar-refractivity contribution is -0.116. The van der Waals surface area contributed by atoms with E-state index in [-0.39, 0.29) is 0 Å². The zero-order valence-electron chi connectivity index (χ0n) is 6.94. The van der Waals surface area contributed by atoms with Crippen LogP contribution in [0.15, 0.2) is 0 Å². The van der Waals surface area contributed by atoms with Crippen LogP contribution < -0.4 is 0 Å². The minimum atomic E-state index is 0.453. The topological polar surface area (TPSA) is 17.1 Å². The summed E-state index contributed by atoms with van der Waals surface area (Å²) in [6, 6.07) is 0. The van der Waals surface area contributed by atoms with Crippen molar-refractivity contribution in [3.63, 3.8) is 0 Å². The van der Waals surface area contributed by atoms with E-state index in [0.717, 1.165) is 27.6 Å². The van der Waals surface area contributed by atoms with Gasteiger partial charge in [0, 0.05) is 12.6 Å². The van der Waals surface area contributed by atoms with Crippen molar-refractivity contribution >= 4 is 14.4 Å². The van der Waals surface area contributed by atoms with Gasteiger partial charge in [-0.2, -0.15) is 0 Å². The summed E-state index contributed by atoms with van der Waals surface area (Å²) < 4.78 is 0. The van der Waals surface area contributed by atoms with Gasteiger partial charge in [0.05, 0.1) is 0 Å². The molecule has 0 rings (SSSR count). The Bertz CT molecular complexity index is 91.3. The van der Waals surface area contributed by atoms with E-state index in [9.17, 15) is 4.79 Å². The largest absolute Gasteiger partial charge is 0.299 e. The van der Waals surface area contributed by atoms with Crippen LogP contribution >= 0.6 is 8.58 Å². The van der Waals surface area contributed by atoms with Gasteiger partial charge in [-0.25, -0.2) is 0 Å². The summed E-state index contributed by atoms with van der Waals surface area (Å²) >= 11 is 0. The van der Waals surface area contributed by atoms with Crippen LogP contribution in [0.1, 0.15) is 32.6 Å². The Morgan fingerprint density at radius 3 is 2.60 bits per heavy atom. The van der Waals surface area contributed by atoms with Crippen molar-refractivity contribution in [2.45, 2.75) is 32.6 Å². The van der Waals surface area contributed by atoms with Crippen molar-refractivity contribution in [1.29, 1.82) is 0 Å². The highest BCUT2D eigenvalue weighted by Gasteiger charge is 1.97. The smallest absolute Gasteiger partial charge is 0.136 e. The Morgan fingerprint density at radius 2 is 2.10 bits per heavy atom. The van der Waals surface area contributed by atoms with Gasteiger partial charge in [0.1, 0.15) is 5.78 Å². The number of ketones is 1. The number of hydrogen-bond donors (Lipinski definition) is 0. The minimum Gasteiger partial charge on any atom is -0.299 e. The van der Waals surface area contributed by atoms with Gasteiger partial charge in [0.2, 0.25) is 0 Å². The van der Waals surface area contributed by atoms with Crippen LogP contribution in [0, 0.1) is 0 Å². The molecule has 0 aromatic heterocycles. The van der Waals surface area contributed by atoms with Crippen LogP contribution in [-0.4, -0.2) is 18.6 Å². The maximum atomic E-state index is 10.9. The van der Waals surface area contributed by atoms with Crippen molar-refractivity contribution in [3.8, 4) is 0 Å². The molecule has 0 fully saturated rings. The summed E-state index contributed by atoms with van der Waals surface area (Å²) in [7, 11) is 0.800. The van der Waals surface area contributed by atoms with E-state index < -0.39 is 0 Å². The van der Waals surface area contributed by atoms with Crippen LogP contribution in [0.3, 0.4) is 0 Å². The molecule has 10 heavy (non-hydrogen) atoms. The summed E-state index contributed by atoms with van der Waals surface area (Å²) in [6.45, 7) is 4.24. The zero-order valence-corrected chi connectivity index (χ0v) is 7.94. The first-order valence-electron chi connectivity index (χ1n) is 3.97. The van der Waals surface area contributed by atoms with Gasteiger partial charge in [-0.05, 0) is 13.1 Å². The molecular weight excluding hydrogens is 143 g/mol.